The van der Waals surface area contributed by atoms with Crippen LogP contribution in [0.2, 0.25) is 0 Å². The maximum Gasteiger partial charge on any atom is 0.374 e. The van der Waals surface area contributed by atoms with E-state index >= 15 is 0 Å². The lowest BCUT2D eigenvalue weighted by Crippen LogP contribution is -2.39. The molecule has 0 unspecified atom stereocenters. The summed E-state index contributed by atoms with van der Waals surface area (Å²) >= 11 is 0. The summed E-state index contributed by atoms with van der Waals surface area (Å²) in [5, 5.41) is 7.07. The molecular formula is C23H24N2O4. The minimum Gasteiger partial charge on any atom is -0.460 e. The van der Waals surface area contributed by atoms with Crippen LogP contribution < -0.4 is 10.6 Å². The van der Waals surface area contributed by atoms with Gasteiger partial charge in [-0.25, -0.2) is 4.79 Å². The third-order valence-electron chi connectivity index (χ3n) is 5.35. The molecule has 0 spiro atoms. The van der Waals surface area contributed by atoms with E-state index in [9.17, 15) is 9.59 Å². The Morgan fingerprint density at radius 2 is 2.03 bits per heavy atom. The number of esters is 1. The van der Waals surface area contributed by atoms with Crippen LogP contribution in [0, 0.1) is 6.92 Å². The molecule has 29 heavy (non-hydrogen) atoms. The van der Waals surface area contributed by atoms with Crippen molar-refractivity contribution >= 4 is 28.5 Å². The van der Waals surface area contributed by atoms with E-state index < -0.39 is 5.97 Å². The molecule has 0 bridgehead atoms. The SMILES string of the molecule is CCOC(=O)c1cc2cc(NC(=O)[C@@H]3NCC[C@H]3c3ccccc3C)ccc2o1. The van der Waals surface area contributed by atoms with Gasteiger partial charge < -0.3 is 19.8 Å². The summed E-state index contributed by atoms with van der Waals surface area (Å²) in [4.78, 5) is 24.8. The number of amides is 1. The summed E-state index contributed by atoms with van der Waals surface area (Å²) in [6.07, 6.45) is 0.923. The van der Waals surface area contributed by atoms with Gasteiger partial charge in [0.2, 0.25) is 11.7 Å². The first-order valence-electron chi connectivity index (χ1n) is 9.87. The maximum atomic E-state index is 13.0. The summed E-state index contributed by atoms with van der Waals surface area (Å²) in [7, 11) is 0. The van der Waals surface area contributed by atoms with Crippen LogP contribution in [-0.4, -0.2) is 31.1 Å². The quantitative estimate of drug-likeness (QED) is 0.642. The number of benzene rings is 2. The molecule has 2 aromatic carbocycles. The molecule has 2 N–H and O–H groups in total. The van der Waals surface area contributed by atoms with Crippen molar-refractivity contribution in [2.45, 2.75) is 32.2 Å². The number of ether oxygens (including phenoxy) is 1. The average molecular weight is 392 g/mol. The zero-order valence-electron chi connectivity index (χ0n) is 16.5. The van der Waals surface area contributed by atoms with E-state index in [1.807, 2.05) is 12.1 Å². The Balaban J connectivity index is 1.52. The second kappa shape index (κ2) is 8.09. The lowest BCUT2D eigenvalue weighted by atomic mass is 9.88. The van der Waals surface area contributed by atoms with Crippen molar-refractivity contribution < 1.29 is 18.7 Å². The Labute approximate surface area is 169 Å². The van der Waals surface area contributed by atoms with Crippen molar-refractivity contribution in [2.75, 3.05) is 18.5 Å². The lowest BCUT2D eigenvalue weighted by Gasteiger charge is -2.21. The minimum atomic E-state index is -0.495. The first-order chi connectivity index (χ1) is 14.1. The predicted octanol–water partition coefficient (Wildman–Crippen LogP) is 4.00. The molecule has 1 saturated heterocycles. The number of hydrogen-bond donors (Lipinski definition) is 2. The number of anilines is 1. The molecular weight excluding hydrogens is 368 g/mol. The number of nitrogens with one attached hydrogen (secondary N) is 2. The molecule has 6 heteroatoms. The highest BCUT2D eigenvalue weighted by Crippen LogP contribution is 2.31. The van der Waals surface area contributed by atoms with E-state index in [1.54, 1.807) is 31.2 Å². The Hall–Kier alpha value is -3.12. The largest absolute Gasteiger partial charge is 0.460 e. The smallest absolute Gasteiger partial charge is 0.374 e. The Kier molecular flexibility index (Phi) is 5.36. The van der Waals surface area contributed by atoms with E-state index in [2.05, 4.69) is 29.7 Å². The standard InChI is InChI=1S/C23H24N2O4/c1-3-28-23(27)20-13-15-12-16(8-9-19(15)29-20)25-22(26)21-18(10-11-24-21)17-7-5-4-6-14(17)2/h4-9,12-13,18,21,24H,3,10-11H2,1-2H3,(H,25,26)/t18-,21+/m0/s1. The molecule has 2 heterocycles. The zero-order valence-corrected chi connectivity index (χ0v) is 16.5. The third kappa shape index (κ3) is 3.89. The van der Waals surface area contributed by atoms with Gasteiger partial charge in [0.25, 0.3) is 0 Å². The first-order valence-corrected chi connectivity index (χ1v) is 9.87. The van der Waals surface area contributed by atoms with Gasteiger partial charge in [-0.05, 0) is 62.2 Å². The van der Waals surface area contributed by atoms with Gasteiger partial charge in [-0.1, -0.05) is 24.3 Å². The maximum absolute atomic E-state index is 13.0. The first kappa shape index (κ1) is 19.2. The van der Waals surface area contributed by atoms with Crippen LogP contribution in [-0.2, 0) is 9.53 Å². The van der Waals surface area contributed by atoms with Gasteiger partial charge in [-0.15, -0.1) is 0 Å². The molecule has 1 fully saturated rings. The molecule has 1 aliphatic heterocycles. The second-order valence-corrected chi connectivity index (χ2v) is 7.26. The molecule has 4 rings (SSSR count). The van der Waals surface area contributed by atoms with Crippen molar-refractivity contribution in [3.8, 4) is 0 Å². The van der Waals surface area contributed by atoms with Crippen LogP contribution in [0.3, 0.4) is 0 Å². The highest BCUT2D eigenvalue weighted by atomic mass is 16.5. The third-order valence-corrected chi connectivity index (χ3v) is 5.35. The lowest BCUT2D eigenvalue weighted by molar-refractivity contribution is -0.118. The summed E-state index contributed by atoms with van der Waals surface area (Å²) in [5.41, 5.74) is 3.64. The fourth-order valence-electron chi connectivity index (χ4n) is 3.96. The molecule has 1 amide bonds. The number of hydrogen-bond acceptors (Lipinski definition) is 5. The second-order valence-electron chi connectivity index (χ2n) is 7.26. The molecule has 6 nitrogen and oxygen atoms in total. The van der Waals surface area contributed by atoms with Crippen molar-refractivity contribution in [1.82, 2.24) is 5.32 Å². The molecule has 1 aliphatic rings. The number of fused-ring (bicyclic) bond motifs is 1. The predicted molar refractivity (Wildman–Crippen MR) is 111 cm³/mol. The number of carbonyl (C=O) groups is 2. The van der Waals surface area contributed by atoms with E-state index in [0.29, 0.717) is 11.3 Å². The van der Waals surface area contributed by atoms with E-state index in [4.69, 9.17) is 9.15 Å². The van der Waals surface area contributed by atoms with Crippen LogP contribution >= 0.6 is 0 Å². The van der Waals surface area contributed by atoms with Gasteiger partial charge in [0.1, 0.15) is 5.58 Å². The van der Waals surface area contributed by atoms with Gasteiger partial charge in [-0.3, -0.25) is 4.79 Å². The van der Waals surface area contributed by atoms with Crippen molar-refractivity contribution in [2.24, 2.45) is 0 Å². The van der Waals surface area contributed by atoms with Gasteiger partial charge in [0.15, 0.2) is 0 Å². The van der Waals surface area contributed by atoms with E-state index in [0.717, 1.165) is 18.4 Å². The van der Waals surface area contributed by atoms with Crippen LogP contribution in [0.4, 0.5) is 5.69 Å². The summed E-state index contributed by atoms with van der Waals surface area (Å²) in [6, 6.07) is 14.9. The minimum absolute atomic E-state index is 0.0655. The zero-order chi connectivity index (χ0) is 20.4. The van der Waals surface area contributed by atoms with Crippen molar-refractivity contribution in [1.29, 1.82) is 0 Å². The molecule has 2 atom stereocenters. The van der Waals surface area contributed by atoms with E-state index in [1.165, 1.54) is 11.1 Å². The normalized spacial score (nSPS) is 18.7. The topological polar surface area (TPSA) is 80.6 Å². The van der Waals surface area contributed by atoms with Gasteiger partial charge >= 0.3 is 5.97 Å². The summed E-state index contributed by atoms with van der Waals surface area (Å²) in [6.45, 7) is 4.92. The van der Waals surface area contributed by atoms with Crippen molar-refractivity contribution in [3.05, 3.63) is 65.4 Å². The summed E-state index contributed by atoms with van der Waals surface area (Å²) in [5.74, 6) is -0.263. The van der Waals surface area contributed by atoms with Crippen LogP contribution in [0.1, 0.15) is 40.9 Å². The van der Waals surface area contributed by atoms with Crippen LogP contribution in [0.15, 0.2) is 52.9 Å². The average Bonchev–Trinajstić information content (AvgIpc) is 3.35. The van der Waals surface area contributed by atoms with Gasteiger partial charge in [0.05, 0.1) is 12.6 Å². The Bertz CT molecular complexity index is 1060. The number of furan rings is 1. The molecule has 150 valence electrons. The molecule has 3 aromatic rings. The number of carbonyl (C=O) groups excluding carboxylic acids is 2. The van der Waals surface area contributed by atoms with Crippen molar-refractivity contribution in [3.63, 3.8) is 0 Å². The number of rotatable bonds is 5. The fourth-order valence-corrected chi connectivity index (χ4v) is 3.96. The highest BCUT2D eigenvalue weighted by Gasteiger charge is 2.34. The molecule has 0 radical (unpaired) electrons. The van der Waals surface area contributed by atoms with Gasteiger partial charge in [-0.2, -0.15) is 0 Å². The van der Waals surface area contributed by atoms with E-state index in [-0.39, 0.29) is 30.2 Å². The molecule has 1 aromatic heterocycles. The highest BCUT2D eigenvalue weighted by molar-refractivity contribution is 5.98. The Morgan fingerprint density at radius 1 is 1.21 bits per heavy atom. The fraction of sp³-hybridized carbons (Fsp3) is 0.304. The summed E-state index contributed by atoms with van der Waals surface area (Å²) < 4.78 is 10.5. The molecule has 0 saturated carbocycles. The van der Waals surface area contributed by atoms with Gasteiger partial charge in [0, 0.05) is 17.0 Å². The monoisotopic (exact) mass is 392 g/mol. The van der Waals surface area contributed by atoms with Crippen LogP contribution in [0.25, 0.3) is 11.0 Å². The number of aryl methyl sites for hydroxylation is 1. The Morgan fingerprint density at radius 3 is 2.83 bits per heavy atom. The molecule has 0 aliphatic carbocycles. The van der Waals surface area contributed by atoms with Crippen LogP contribution in [0.5, 0.6) is 0 Å².